The van der Waals surface area contributed by atoms with Crippen molar-refractivity contribution >= 4 is 57.6 Å². The van der Waals surface area contributed by atoms with Crippen LogP contribution < -0.4 is 21.3 Å². The van der Waals surface area contributed by atoms with Crippen molar-refractivity contribution in [3.63, 3.8) is 0 Å². The highest BCUT2D eigenvalue weighted by Gasteiger charge is 2.14. The van der Waals surface area contributed by atoms with Gasteiger partial charge in [0.05, 0.1) is 18.6 Å². The Hall–Kier alpha value is -3.62. The van der Waals surface area contributed by atoms with E-state index in [0.29, 0.717) is 16.0 Å². The summed E-state index contributed by atoms with van der Waals surface area (Å²) in [5.41, 5.74) is 5.59. The number of rotatable bonds is 11. The summed E-state index contributed by atoms with van der Waals surface area (Å²) < 4.78 is 7.26. The number of aromatic nitrogens is 5. The van der Waals surface area contributed by atoms with Crippen molar-refractivity contribution in [1.82, 2.24) is 25.1 Å². The molecule has 2 heterocycles. The molecule has 0 aliphatic rings. The Morgan fingerprint density at radius 3 is 2.75 bits per heavy atom. The monoisotopic (exact) mass is 541 g/mol. The van der Waals surface area contributed by atoms with Crippen LogP contribution >= 0.6 is 34.9 Å². The quantitative estimate of drug-likeness (QED) is 0.0844. The van der Waals surface area contributed by atoms with Gasteiger partial charge in [0.15, 0.2) is 4.34 Å². The fourth-order valence-electron chi connectivity index (χ4n) is 2.82. The zero-order valence-electron chi connectivity index (χ0n) is 19.4. The van der Waals surface area contributed by atoms with Crippen LogP contribution in [0.25, 0.3) is 0 Å². The Balaban J connectivity index is 1.26. The van der Waals surface area contributed by atoms with E-state index >= 15 is 0 Å². The molecule has 4 aromatic rings. The lowest BCUT2D eigenvalue weighted by molar-refractivity contribution is -0.113. The van der Waals surface area contributed by atoms with Crippen LogP contribution in [0.15, 0.2) is 69.2 Å². The van der Waals surface area contributed by atoms with Crippen LogP contribution in [-0.2, 0) is 10.5 Å². The molecule has 186 valence electrons. The maximum absolute atomic E-state index is 12.4. The number of nitrogens with one attached hydrogen (secondary N) is 2. The van der Waals surface area contributed by atoms with E-state index in [1.54, 1.807) is 18.9 Å². The molecule has 36 heavy (non-hydrogen) atoms. The number of hydrogen-bond donors (Lipinski definition) is 3. The van der Waals surface area contributed by atoms with Crippen molar-refractivity contribution in [2.24, 2.45) is 5.10 Å². The standard InChI is InChI=1S/C22H23N9O2S3/c1-14(16-9-6-10-17(11-16)33-2)25-26-19-27-29-21(31(19)23)34-13-18(32)24-20-28-30-22(36-20)35-12-15-7-4-3-5-8-15/h3-11H,12-13,23H2,1-2H3,(H,26,27)(H,24,28,32)/b25-14+. The van der Waals surface area contributed by atoms with E-state index in [1.165, 1.54) is 21.6 Å². The third-order valence-corrected chi connectivity index (χ3v) is 7.65. The number of amides is 1. The topological polar surface area (TPSA) is 145 Å². The highest BCUT2D eigenvalue weighted by Crippen LogP contribution is 2.28. The molecule has 0 fully saturated rings. The van der Waals surface area contributed by atoms with Gasteiger partial charge in [-0.15, -0.1) is 20.4 Å². The molecule has 0 bridgehead atoms. The lowest BCUT2D eigenvalue weighted by Gasteiger charge is -2.06. The number of nitrogen functional groups attached to an aromatic ring is 1. The first-order valence-electron chi connectivity index (χ1n) is 10.6. The fourth-order valence-corrected chi connectivity index (χ4v) is 5.20. The summed E-state index contributed by atoms with van der Waals surface area (Å²) in [5.74, 6) is 7.64. The van der Waals surface area contributed by atoms with Crippen LogP contribution in [0, 0.1) is 0 Å². The van der Waals surface area contributed by atoms with Gasteiger partial charge in [-0.2, -0.15) is 5.10 Å². The summed E-state index contributed by atoms with van der Waals surface area (Å²) in [7, 11) is 1.61. The molecule has 0 saturated carbocycles. The first-order chi connectivity index (χ1) is 17.5. The molecule has 0 saturated heterocycles. The minimum Gasteiger partial charge on any atom is -0.497 e. The minimum atomic E-state index is -0.250. The second-order valence-electron chi connectivity index (χ2n) is 7.20. The molecule has 0 atom stereocenters. The number of hydrazone groups is 1. The Labute approximate surface area is 219 Å². The lowest BCUT2D eigenvalue weighted by atomic mass is 10.1. The summed E-state index contributed by atoms with van der Waals surface area (Å²) in [6, 6.07) is 17.6. The number of ether oxygens (including phenoxy) is 1. The zero-order chi connectivity index (χ0) is 25.3. The van der Waals surface area contributed by atoms with Gasteiger partial charge in [0.2, 0.25) is 16.2 Å². The number of nitrogens with two attached hydrogens (primary N) is 1. The minimum absolute atomic E-state index is 0.0769. The van der Waals surface area contributed by atoms with Gasteiger partial charge in [-0.1, -0.05) is 77.3 Å². The highest BCUT2D eigenvalue weighted by molar-refractivity contribution is 8.00. The van der Waals surface area contributed by atoms with Gasteiger partial charge in [-0.05, 0) is 24.6 Å². The molecule has 4 rings (SSSR count). The lowest BCUT2D eigenvalue weighted by Crippen LogP contribution is -2.17. The van der Waals surface area contributed by atoms with Gasteiger partial charge in [0.25, 0.3) is 5.95 Å². The van der Waals surface area contributed by atoms with Crippen LogP contribution in [0.5, 0.6) is 5.75 Å². The molecular formula is C22H23N9O2S3. The van der Waals surface area contributed by atoms with Crippen LogP contribution in [-0.4, -0.2) is 49.6 Å². The Bertz CT molecular complexity index is 1340. The predicted octanol–water partition coefficient (Wildman–Crippen LogP) is 3.71. The van der Waals surface area contributed by atoms with Crippen molar-refractivity contribution in [2.45, 2.75) is 22.2 Å². The molecule has 0 aliphatic carbocycles. The normalized spacial score (nSPS) is 11.3. The smallest absolute Gasteiger partial charge is 0.264 e. The number of carbonyl (C=O) groups is 1. The van der Waals surface area contributed by atoms with Gasteiger partial charge in [-0.25, -0.2) is 10.1 Å². The summed E-state index contributed by atoms with van der Waals surface area (Å²) >= 11 is 4.04. The summed E-state index contributed by atoms with van der Waals surface area (Å²) in [5, 5.41) is 24.0. The Morgan fingerprint density at radius 2 is 1.94 bits per heavy atom. The van der Waals surface area contributed by atoms with Crippen molar-refractivity contribution in [1.29, 1.82) is 0 Å². The van der Waals surface area contributed by atoms with E-state index in [-0.39, 0.29) is 17.6 Å². The number of benzene rings is 2. The number of nitrogens with zero attached hydrogens (tertiary/aromatic N) is 6. The second-order valence-corrected chi connectivity index (χ2v) is 10.3. The number of methoxy groups -OCH3 is 1. The predicted molar refractivity (Wildman–Crippen MR) is 144 cm³/mol. The molecule has 0 unspecified atom stereocenters. The molecular weight excluding hydrogens is 519 g/mol. The summed E-state index contributed by atoms with van der Waals surface area (Å²) in [6.45, 7) is 1.85. The molecule has 0 aliphatic heterocycles. The van der Waals surface area contributed by atoms with E-state index in [9.17, 15) is 4.79 Å². The zero-order valence-corrected chi connectivity index (χ0v) is 21.9. The maximum atomic E-state index is 12.4. The van der Waals surface area contributed by atoms with Crippen molar-refractivity contribution in [3.8, 4) is 5.75 Å². The molecule has 11 nitrogen and oxygen atoms in total. The van der Waals surface area contributed by atoms with E-state index in [2.05, 4.69) is 48.4 Å². The first kappa shape index (κ1) is 25.5. The summed E-state index contributed by atoms with van der Waals surface area (Å²) in [6.07, 6.45) is 0. The average molecular weight is 542 g/mol. The van der Waals surface area contributed by atoms with E-state index in [0.717, 1.165) is 33.2 Å². The molecule has 4 N–H and O–H groups in total. The third kappa shape index (κ3) is 6.96. The number of anilines is 2. The SMILES string of the molecule is COc1cccc(/C(C)=N/Nc2nnc(SCC(=O)Nc3nnc(SCc4ccccc4)s3)n2N)c1. The van der Waals surface area contributed by atoms with Crippen LogP contribution in [0.3, 0.4) is 0 Å². The van der Waals surface area contributed by atoms with Gasteiger partial charge >= 0.3 is 0 Å². The van der Waals surface area contributed by atoms with Crippen molar-refractivity contribution < 1.29 is 9.53 Å². The first-order valence-corrected chi connectivity index (χ1v) is 13.4. The van der Waals surface area contributed by atoms with Crippen molar-refractivity contribution in [3.05, 3.63) is 65.7 Å². The van der Waals surface area contributed by atoms with E-state index in [4.69, 9.17) is 10.6 Å². The molecule has 14 heteroatoms. The number of hydrogen-bond acceptors (Lipinski definition) is 12. The Morgan fingerprint density at radius 1 is 1.11 bits per heavy atom. The largest absolute Gasteiger partial charge is 0.497 e. The molecule has 1 amide bonds. The molecule has 0 spiro atoms. The van der Waals surface area contributed by atoms with E-state index in [1.807, 2.05) is 49.4 Å². The molecule has 0 radical (unpaired) electrons. The maximum Gasteiger partial charge on any atom is 0.264 e. The van der Waals surface area contributed by atoms with Crippen molar-refractivity contribution in [2.75, 3.05) is 29.4 Å². The van der Waals surface area contributed by atoms with Gasteiger partial charge in [0.1, 0.15) is 5.75 Å². The van der Waals surface area contributed by atoms with Crippen LogP contribution in [0.4, 0.5) is 11.1 Å². The highest BCUT2D eigenvalue weighted by atomic mass is 32.2. The fraction of sp³-hybridized carbons (Fsp3) is 0.182. The molecule has 2 aromatic carbocycles. The van der Waals surface area contributed by atoms with Gasteiger partial charge in [0, 0.05) is 11.3 Å². The van der Waals surface area contributed by atoms with Gasteiger partial charge in [-0.3, -0.25) is 10.1 Å². The third-order valence-electron chi connectivity index (χ3n) is 4.67. The second kappa shape index (κ2) is 12.4. The molecule has 2 aromatic heterocycles. The van der Waals surface area contributed by atoms with Crippen LogP contribution in [0.2, 0.25) is 0 Å². The van der Waals surface area contributed by atoms with Gasteiger partial charge < -0.3 is 10.6 Å². The Kier molecular flexibility index (Phi) is 8.76. The number of thioether (sulfide) groups is 2. The summed E-state index contributed by atoms with van der Waals surface area (Å²) in [4.78, 5) is 12.4. The average Bonchev–Trinajstić information content (AvgIpc) is 3.51. The van der Waals surface area contributed by atoms with Crippen LogP contribution in [0.1, 0.15) is 18.1 Å². The van der Waals surface area contributed by atoms with E-state index < -0.39 is 0 Å². The number of carbonyl (C=O) groups excluding carboxylic acids is 1.